The molecule has 1 aliphatic heterocycles. The molecule has 1 aliphatic rings. The van der Waals surface area contributed by atoms with Crippen molar-refractivity contribution in [2.24, 2.45) is 0 Å². The van der Waals surface area contributed by atoms with Crippen LogP contribution >= 0.6 is 0 Å². The van der Waals surface area contributed by atoms with Crippen LogP contribution in [0.15, 0.2) is 47.4 Å². The molecule has 0 bridgehead atoms. The van der Waals surface area contributed by atoms with E-state index in [2.05, 4.69) is 27.4 Å². The number of ether oxygens (including phenoxy) is 2. The zero-order chi connectivity index (χ0) is 31.2. The first-order valence-electron chi connectivity index (χ1n) is 13.9. The molecule has 234 valence electrons. The molecule has 2 heterocycles. The van der Waals surface area contributed by atoms with Crippen LogP contribution in [0.5, 0.6) is 5.75 Å². The second-order valence-corrected chi connectivity index (χ2v) is 12.6. The van der Waals surface area contributed by atoms with Crippen molar-refractivity contribution < 1.29 is 36.2 Å². The van der Waals surface area contributed by atoms with E-state index in [1.54, 1.807) is 32.4 Å². The summed E-state index contributed by atoms with van der Waals surface area (Å²) in [6, 6.07) is 11.4. The predicted molar refractivity (Wildman–Crippen MR) is 160 cm³/mol. The van der Waals surface area contributed by atoms with Crippen LogP contribution in [0.25, 0.3) is 10.9 Å². The molecule has 0 aliphatic carbocycles. The number of aromatic nitrogens is 1. The van der Waals surface area contributed by atoms with Gasteiger partial charge in [0.15, 0.2) is 9.84 Å². The van der Waals surface area contributed by atoms with Crippen molar-refractivity contribution in [2.45, 2.75) is 42.6 Å². The molecule has 3 aromatic rings. The summed E-state index contributed by atoms with van der Waals surface area (Å²) in [7, 11) is -0.232. The first-order valence-corrected chi connectivity index (χ1v) is 15.8. The largest absolute Gasteiger partial charge is 0.479 e. The lowest BCUT2D eigenvalue weighted by Gasteiger charge is -2.34. The van der Waals surface area contributed by atoms with Gasteiger partial charge >= 0.3 is 6.18 Å². The van der Waals surface area contributed by atoms with Crippen LogP contribution in [0.1, 0.15) is 18.5 Å². The van der Waals surface area contributed by atoms with Crippen LogP contribution < -0.4 is 15.4 Å². The van der Waals surface area contributed by atoms with Gasteiger partial charge in [0, 0.05) is 57.2 Å². The SMILES string of the molecule is CNc1cc(S(C)(=O)=O)ccc1OCC#Cc1cc2c(NC3CCN(CC(O)COC)CC3)cccc2n1CC(F)(F)F. The van der Waals surface area contributed by atoms with Gasteiger partial charge in [-0.15, -0.1) is 0 Å². The van der Waals surface area contributed by atoms with E-state index in [1.807, 2.05) is 6.07 Å². The lowest BCUT2D eigenvalue weighted by molar-refractivity contribution is -0.140. The van der Waals surface area contributed by atoms with Crippen molar-refractivity contribution in [1.82, 2.24) is 9.47 Å². The number of hydrogen-bond donors (Lipinski definition) is 3. The molecule has 0 saturated carbocycles. The fourth-order valence-electron chi connectivity index (χ4n) is 5.19. The number of methoxy groups -OCH3 is 1. The van der Waals surface area contributed by atoms with Crippen LogP contribution in [-0.4, -0.2) is 94.6 Å². The number of rotatable bonds is 11. The smallest absolute Gasteiger partial charge is 0.406 e. The maximum absolute atomic E-state index is 13.6. The van der Waals surface area contributed by atoms with Crippen LogP contribution in [-0.2, 0) is 21.1 Å². The molecular weight excluding hydrogens is 585 g/mol. The minimum absolute atomic E-state index is 0.122. The third-order valence-corrected chi connectivity index (χ3v) is 8.33. The summed E-state index contributed by atoms with van der Waals surface area (Å²) in [6.07, 6.45) is -2.25. The number of benzene rings is 2. The molecule has 2 aromatic carbocycles. The van der Waals surface area contributed by atoms with E-state index in [1.165, 1.54) is 18.2 Å². The van der Waals surface area contributed by atoms with Gasteiger partial charge < -0.3 is 34.7 Å². The molecule has 1 saturated heterocycles. The molecule has 13 heteroatoms. The van der Waals surface area contributed by atoms with Crippen LogP contribution in [0.2, 0.25) is 0 Å². The standard InChI is InChI=1S/C30H37F3N4O5S/c1-34-27-17-24(43(3,39)40)9-10-29(27)42-15-5-6-22-16-25-26(7-4-8-28(25)37(22)20-30(31,32)33)35-21-11-13-36(14-12-21)18-23(38)19-41-2/h4,7-10,16-17,21,23,34-35,38H,11-15,18-20H2,1-3H3. The monoisotopic (exact) mass is 622 g/mol. The lowest BCUT2D eigenvalue weighted by Crippen LogP contribution is -2.43. The highest BCUT2D eigenvalue weighted by Gasteiger charge is 2.30. The average molecular weight is 623 g/mol. The first kappa shape index (κ1) is 32.5. The van der Waals surface area contributed by atoms with E-state index in [-0.39, 0.29) is 29.8 Å². The Morgan fingerprint density at radius 1 is 1.14 bits per heavy atom. The number of anilines is 2. The zero-order valence-electron chi connectivity index (χ0n) is 24.4. The number of sulfone groups is 1. The van der Waals surface area contributed by atoms with Crippen molar-refractivity contribution in [3.63, 3.8) is 0 Å². The van der Waals surface area contributed by atoms with Gasteiger partial charge in [-0.3, -0.25) is 0 Å². The summed E-state index contributed by atoms with van der Waals surface area (Å²) in [4.78, 5) is 2.31. The average Bonchev–Trinajstić information content (AvgIpc) is 3.28. The Hall–Kier alpha value is -3.44. The molecule has 0 spiro atoms. The molecule has 1 aromatic heterocycles. The highest BCUT2D eigenvalue weighted by atomic mass is 32.2. The zero-order valence-corrected chi connectivity index (χ0v) is 25.2. The van der Waals surface area contributed by atoms with E-state index >= 15 is 0 Å². The van der Waals surface area contributed by atoms with Gasteiger partial charge in [0.05, 0.1) is 34.5 Å². The number of hydrogen-bond acceptors (Lipinski definition) is 8. The highest BCUT2D eigenvalue weighted by Crippen LogP contribution is 2.32. The maximum Gasteiger partial charge on any atom is 0.406 e. The van der Waals surface area contributed by atoms with E-state index < -0.39 is 28.7 Å². The van der Waals surface area contributed by atoms with Gasteiger partial charge in [-0.2, -0.15) is 13.2 Å². The Morgan fingerprint density at radius 3 is 2.53 bits per heavy atom. The Bertz CT molecular complexity index is 1570. The molecule has 1 atom stereocenters. The van der Waals surface area contributed by atoms with Gasteiger partial charge in [-0.05, 0) is 55.2 Å². The van der Waals surface area contributed by atoms with Crippen molar-refractivity contribution >= 4 is 32.1 Å². The predicted octanol–water partition coefficient (Wildman–Crippen LogP) is 3.96. The van der Waals surface area contributed by atoms with E-state index in [0.29, 0.717) is 28.9 Å². The minimum atomic E-state index is -4.45. The fraction of sp³-hybridized carbons (Fsp3) is 0.467. The molecule has 3 N–H and O–H groups in total. The maximum atomic E-state index is 13.6. The number of aliphatic hydroxyl groups is 1. The number of nitrogens with one attached hydrogen (secondary N) is 2. The summed E-state index contributed by atoms with van der Waals surface area (Å²) in [6.45, 7) is 1.07. The topological polar surface area (TPSA) is 105 Å². The molecule has 0 amide bonds. The van der Waals surface area contributed by atoms with E-state index in [4.69, 9.17) is 9.47 Å². The van der Waals surface area contributed by atoms with E-state index in [9.17, 15) is 26.7 Å². The van der Waals surface area contributed by atoms with Gasteiger partial charge in [-0.1, -0.05) is 12.0 Å². The number of aliphatic hydroxyl groups excluding tert-OH is 1. The van der Waals surface area contributed by atoms with Gasteiger partial charge in [0.1, 0.15) is 18.9 Å². The van der Waals surface area contributed by atoms with E-state index in [0.717, 1.165) is 42.4 Å². The Morgan fingerprint density at radius 2 is 1.88 bits per heavy atom. The number of piperidine rings is 1. The quantitative estimate of drug-likeness (QED) is 0.276. The molecule has 1 unspecified atom stereocenters. The van der Waals surface area contributed by atoms with Gasteiger partial charge in [-0.25, -0.2) is 8.42 Å². The first-order chi connectivity index (χ1) is 20.4. The second kappa shape index (κ2) is 13.9. The number of β-amino-alcohol motifs (C(OH)–C–C–N with tert-alkyl or cyclic N) is 1. The Kier molecular flexibility index (Phi) is 10.5. The molecular formula is C30H37F3N4O5S. The van der Waals surface area contributed by atoms with Crippen LogP contribution in [0, 0.1) is 11.8 Å². The fourth-order valence-corrected chi connectivity index (χ4v) is 5.84. The van der Waals surface area contributed by atoms with Crippen LogP contribution in [0.3, 0.4) is 0 Å². The van der Waals surface area contributed by atoms with Crippen molar-refractivity contribution in [2.75, 3.05) is 63.9 Å². The molecule has 43 heavy (non-hydrogen) atoms. The lowest BCUT2D eigenvalue weighted by atomic mass is 10.0. The van der Waals surface area contributed by atoms with Crippen LogP contribution in [0.4, 0.5) is 24.5 Å². The third kappa shape index (κ3) is 8.79. The molecule has 9 nitrogen and oxygen atoms in total. The number of halogens is 3. The Balaban J connectivity index is 1.51. The molecule has 1 fully saturated rings. The summed E-state index contributed by atoms with van der Waals surface area (Å²) < 4.78 is 76.3. The highest BCUT2D eigenvalue weighted by molar-refractivity contribution is 7.90. The third-order valence-electron chi connectivity index (χ3n) is 7.22. The minimum Gasteiger partial charge on any atom is -0.479 e. The normalized spacial score (nSPS) is 15.6. The summed E-state index contributed by atoms with van der Waals surface area (Å²) in [5, 5.41) is 17.1. The van der Waals surface area contributed by atoms with Crippen molar-refractivity contribution in [1.29, 1.82) is 0 Å². The number of alkyl halides is 3. The molecule has 4 rings (SSSR count). The van der Waals surface area contributed by atoms with Gasteiger partial charge in [0.2, 0.25) is 0 Å². The number of likely N-dealkylation sites (tertiary alicyclic amines) is 1. The van der Waals surface area contributed by atoms with Crippen molar-refractivity contribution in [3.05, 3.63) is 48.2 Å². The number of nitrogens with zero attached hydrogens (tertiary/aromatic N) is 2. The Labute approximate surface area is 249 Å². The number of fused-ring (bicyclic) bond motifs is 1. The second-order valence-electron chi connectivity index (χ2n) is 10.6. The van der Waals surface area contributed by atoms with Crippen molar-refractivity contribution in [3.8, 4) is 17.6 Å². The van der Waals surface area contributed by atoms with Gasteiger partial charge in [0.25, 0.3) is 0 Å². The summed E-state index contributed by atoms with van der Waals surface area (Å²) in [5.74, 6) is 6.01. The summed E-state index contributed by atoms with van der Waals surface area (Å²) >= 11 is 0. The summed E-state index contributed by atoms with van der Waals surface area (Å²) in [5.41, 5.74) is 1.80. The molecule has 0 radical (unpaired) electrons.